The molecule has 82 valence electrons. The first-order chi connectivity index (χ1) is 7.12. The van der Waals surface area contributed by atoms with Crippen LogP contribution in [0.2, 0.25) is 18.6 Å². The van der Waals surface area contributed by atoms with Crippen molar-refractivity contribution in [1.29, 1.82) is 0 Å². The molecule has 1 fully saturated rings. The van der Waals surface area contributed by atoms with E-state index in [1.54, 1.807) is 5.19 Å². The predicted molar refractivity (Wildman–Crippen MR) is 70.3 cm³/mol. The Morgan fingerprint density at radius 1 is 1.07 bits per heavy atom. The van der Waals surface area contributed by atoms with Crippen LogP contribution in [0, 0.1) is 5.92 Å². The maximum atomic E-state index is 2.55. The lowest BCUT2D eigenvalue weighted by atomic mass is 10.1. The summed E-state index contributed by atoms with van der Waals surface area (Å²) in [5.41, 5.74) is 1.000. The van der Waals surface area contributed by atoms with Crippen molar-refractivity contribution in [3.8, 4) is 0 Å². The van der Waals surface area contributed by atoms with E-state index in [-0.39, 0.29) is 0 Å². The van der Waals surface area contributed by atoms with Gasteiger partial charge in [0.1, 0.15) is 0 Å². The van der Waals surface area contributed by atoms with Crippen LogP contribution >= 0.6 is 0 Å². The number of benzene rings is 1. The second-order valence-corrected chi connectivity index (χ2v) is 10.4. The van der Waals surface area contributed by atoms with Gasteiger partial charge >= 0.3 is 0 Å². The molecule has 1 aliphatic carbocycles. The van der Waals surface area contributed by atoms with Crippen molar-refractivity contribution in [2.45, 2.75) is 44.8 Å². The molecule has 0 spiro atoms. The zero-order valence-corrected chi connectivity index (χ0v) is 11.2. The Kier molecular flexibility index (Phi) is 3.01. The lowest BCUT2D eigenvalue weighted by Gasteiger charge is -2.33. The summed E-state index contributed by atoms with van der Waals surface area (Å²) in [6.45, 7) is 7.55. The summed E-state index contributed by atoms with van der Waals surface area (Å²) in [7, 11) is -1.21. The van der Waals surface area contributed by atoms with E-state index < -0.39 is 8.07 Å². The number of hydrogen-bond donors (Lipinski definition) is 0. The maximum Gasteiger partial charge on any atom is 0.0839 e. The first kappa shape index (κ1) is 10.9. The molecule has 2 rings (SSSR count). The molecule has 0 radical (unpaired) electrons. The topological polar surface area (TPSA) is 0 Å². The largest absolute Gasteiger partial charge is 0.0839 e. The van der Waals surface area contributed by atoms with E-state index in [4.69, 9.17) is 0 Å². The molecule has 2 atom stereocenters. The minimum atomic E-state index is -1.21. The van der Waals surface area contributed by atoms with Crippen molar-refractivity contribution in [2.24, 2.45) is 5.92 Å². The second-order valence-electron chi connectivity index (χ2n) is 5.60. The molecule has 1 aromatic rings. The smallest absolute Gasteiger partial charge is 0.0652 e. The van der Waals surface area contributed by atoms with Gasteiger partial charge in [-0.2, -0.15) is 0 Å². The Labute approximate surface area is 94.7 Å². The van der Waals surface area contributed by atoms with Gasteiger partial charge in [-0.3, -0.25) is 0 Å². The molecule has 0 saturated heterocycles. The fourth-order valence-electron chi connectivity index (χ4n) is 3.30. The summed E-state index contributed by atoms with van der Waals surface area (Å²) in [6.07, 6.45) is 4.37. The molecule has 0 unspecified atom stereocenters. The Morgan fingerprint density at radius 3 is 2.27 bits per heavy atom. The highest BCUT2D eigenvalue weighted by molar-refractivity contribution is 6.91. The van der Waals surface area contributed by atoms with Crippen LogP contribution in [0.3, 0.4) is 0 Å². The summed E-state index contributed by atoms with van der Waals surface area (Å²) < 4.78 is 0. The zero-order chi connectivity index (χ0) is 10.9. The predicted octanol–water partition coefficient (Wildman–Crippen LogP) is 3.79. The standard InChI is InChI=1S/C14H22Si/c1-12-8-7-11-14(12)15(2,3)13-9-5-4-6-10-13/h4-6,9-10,12,14H,7-8,11H2,1-3H3/t12-,14+/m0/s1. The highest BCUT2D eigenvalue weighted by Gasteiger charge is 2.39. The van der Waals surface area contributed by atoms with Crippen LogP contribution in [0.1, 0.15) is 26.2 Å². The highest BCUT2D eigenvalue weighted by atomic mass is 28.3. The van der Waals surface area contributed by atoms with Gasteiger partial charge in [0.25, 0.3) is 0 Å². The van der Waals surface area contributed by atoms with Gasteiger partial charge in [0.2, 0.25) is 0 Å². The van der Waals surface area contributed by atoms with Gasteiger partial charge in [-0.05, 0) is 11.5 Å². The fraction of sp³-hybridized carbons (Fsp3) is 0.571. The van der Waals surface area contributed by atoms with Gasteiger partial charge in [0.05, 0.1) is 8.07 Å². The molecule has 0 nitrogen and oxygen atoms in total. The first-order valence-electron chi connectivity index (χ1n) is 6.18. The Balaban J connectivity index is 2.26. The Morgan fingerprint density at radius 2 is 1.73 bits per heavy atom. The summed E-state index contributed by atoms with van der Waals surface area (Å²) in [6, 6.07) is 11.2. The molecule has 0 aromatic heterocycles. The van der Waals surface area contributed by atoms with Gasteiger partial charge < -0.3 is 0 Å². The van der Waals surface area contributed by atoms with Crippen molar-refractivity contribution in [2.75, 3.05) is 0 Å². The van der Waals surface area contributed by atoms with E-state index in [9.17, 15) is 0 Å². The minimum Gasteiger partial charge on any atom is -0.0652 e. The third-order valence-electron chi connectivity index (χ3n) is 4.31. The van der Waals surface area contributed by atoms with Gasteiger partial charge in [0.15, 0.2) is 0 Å². The third kappa shape index (κ3) is 2.03. The van der Waals surface area contributed by atoms with Gasteiger partial charge in [0, 0.05) is 0 Å². The molecule has 1 heteroatoms. The molecular weight excluding hydrogens is 196 g/mol. The number of rotatable bonds is 2. The molecule has 0 bridgehead atoms. The molecule has 0 aliphatic heterocycles. The average Bonchev–Trinajstić information content (AvgIpc) is 2.66. The van der Waals surface area contributed by atoms with Crippen molar-refractivity contribution >= 4 is 13.3 Å². The van der Waals surface area contributed by atoms with Gasteiger partial charge in [-0.25, -0.2) is 0 Å². The van der Waals surface area contributed by atoms with E-state index in [0.717, 1.165) is 11.5 Å². The maximum absolute atomic E-state index is 2.55. The van der Waals surface area contributed by atoms with Crippen LogP contribution in [0.25, 0.3) is 0 Å². The molecule has 1 saturated carbocycles. The average molecular weight is 218 g/mol. The highest BCUT2D eigenvalue weighted by Crippen LogP contribution is 2.42. The summed E-state index contributed by atoms with van der Waals surface area (Å²) in [5.74, 6) is 0.951. The summed E-state index contributed by atoms with van der Waals surface area (Å²) in [4.78, 5) is 0. The van der Waals surface area contributed by atoms with E-state index in [0.29, 0.717) is 0 Å². The first-order valence-corrected chi connectivity index (χ1v) is 9.25. The molecule has 15 heavy (non-hydrogen) atoms. The van der Waals surface area contributed by atoms with Gasteiger partial charge in [-0.15, -0.1) is 0 Å². The van der Waals surface area contributed by atoms with Gasteiger partial charge in [-0.1, -0.05) is 74.8 Å². The fourth-order valence-corrected chi connectivity index (χ4v) is 7.29. The van der Waals surface area contributed by atoms with Crippen LogP contribution in [-0.2, 0) is 0 Å². The van der Waals surface area contributed by atoms with Crippen LogP contribution in [0.4, 0.5) is 0 Å². The monoisotopic (exact) mass is 218 g/mol. The van der Waals surface area contributed by atoms with Crippen LogP contribution in [0.5, 0.6) is 0 Å². The third-order valence-corrected chi connectivity index (χ3v) is 8.84. The van der Waals surface area contributed by atoms with Crippen LogP contribution in [0.15, 0.2) is 30.3 Å². The zero-order valence-electron chi connectivity index (χ0n) is 10.2. The van der Waals surface area contributed by atoms with Crippen molar-refractivity contribution < 1.29 is 0 Å². The Hall–Kier alpha value is -0.563. The number of hydrogen-bond acceptors (Lipinski definition) is 0. The Bertz CT molecular complexity index is 315. The molecular formula is C14H22Si. The van der Waals surface area contributed by atoms with Crippen LogP contribution in [-0.4, -0.2) is 8.07 Å². The quantitative estimate of drug-likeness (QED) is 0.663. The lowest BCUT2D eigenvalue weighted by molar-refractivity contribution is 0.598. The molecule has 1 aliphatic rings. The summed E-state index contributed by atoms with van der Waals surface area (Å²) >= 11 is 0. The minimum absolute atomic E-state index is 0.951. The van der Waals surface area contributed by atoms with Crippen molar-refractivity contribution in [1.82, 2.24) is 0 Å². The second kappa shape index (κ2) is 4.13. The van der Waals surface area contributed by atoms with E-state index in [1.165, 1.54) is 19.3 Å². The molecule has 0 N–H and O–H groups in total. The molecule has 0 heterocycles. The van der Waals surface area contributed by atoms with Crippen molar-refractivity contribution in [3.63, 3.8) is 0 Å². The van der Waals surface area contributed by atoms with Crippen molar-refractivity contribution in [3.05, 3.63) is 30.3 Å². The normalized spacial score (nSPS) is 26.9. The van der Waals surface area contributed by atoms with Crippen LogP contribution < -0.4 is 5.19 Å². The van der Waals surface area contributed by atoms with E-state index >= 15 is 0 Å². The summed E-state index contributed by atoms with van der Waals surface area (Å²) in [5, 5.41) is 1.64. The van der Waals surface area contributed by atoms with E-state index in [1.807, 2.05) is 0 Å². The molecule has 0 amide bonds. The SMILES string of the molecule is C[C@H]1CCC[C@H]1[Si](C)(C)c1ccccc1. The lowest BCUT2D eigenvalue weighted by Crippen LogP contribution is -2.46. The molecule has 1 aromatic carbocycles. The van der Waals surface area contributed by atoms with E-state index in [2.05, 4.69) is 50.3 Å².